The summed E-state index contributed by atoms with van der Waals surface area (Å²) in [5.74, 6) is 0.810. The first-order valence-electron chi connectivity index (χ1n) is 9.46. The van der Waals surface area contributed by atoms with Gasteiger partial charge in [0.15, 0.2) is 0 Å². The standard InChI is InChI=1S/C22H26N4O2/c1-17(2)28-21-10-6-7-18(13-21)14-24-22(27)23-12-11-19-15-25-26(16-19)20-8-4-3-5-9-20/h3-10,13,15-17H,11-12,14H2,1-2H3,(H2,23,24,27). The van der Waals surface area contributed by atoms with Crippen molar-refractivity contribution < 1.29 is 9.53 Å². The third-order valence-electron chi connectivity index (χ3n) is 4.08. The van der Waals surface area contributed by atoms with Gasteiger partial charge in [-0.15, -0.1) is 0 Å². The molecule has 0 spiro atoms. The maximum Gasteiger partial charge on any atom is 0.315 e. The Hall–Kier alpha value is -3.28. The van der Waals surface area contributed by atoms with Crippen LogP contribution in [0.5, 0.6) is 5.75 Å². The Morgan fingerprint density at radius 2 is 1.89 bits per heavy atom. The summed E-state index contributed by atoms with van der Waals surface area (Å²) in [5, 5.41) is 10.1. The molecule has 3 rings (SSSR count). The van der Waals surface area contributed by atoms with Crippen LogP contribution in [0.2, 0.25) is 0 Å². The van der Waals surface area contributed by atoms with Gasteiger partial charge in [0.1, 0.15) is 5.75 Å². The fourth-order valence-electron chi connectivity index (χ4n) is 2.78. The van der Waals surface area contributed by atoms with E-state index in [-0.39, 0.29) is 12.1 Å². The summed E-state index contributed by atoms with van der Waals surface area (Å²) in [5.41, 5.74) is 3.09. The first-order chi connectivity index (χ1) is 13.6. The van der Waals surface area contributed by atoms with Gasteiger partial charge in [0.25, 0.3) is 0 Å². The zero-order valence-corrected chi connectivity index (χ0v) is 16.3. The molecular formula is C22H26N4O2. The van der Waals surface area contributed by atoms with Crippen LogP contribution in [-0.4, -0.2) is 28.5 Å². The molecule has 0 radical (unpaired) electrons. The van der Waals surface area contributed by atoms with Crippen molar-refractivity contribution >= 4 is 6.03 Å². The number of nitrogens with one attached hydrogen (secondary N) is 2. The highest BCUT2D eigenvalue weighted by atomic mass is 16.5. The van der Waals surface area contributed by atoms with Crippen LogP contribution in [0.4, 0.5) is 4.79 Å². The van der Waals surface area contributed by atoms with Crippen molar-refractivity contribution in [3.63, 3.8) is 0 Å². The van der Waals surface area contributed by atoms with Crippen molar-refractivity contribution in [3.05, 3.63) is 78.1 Å². The maximum absolute atomic E-state index is 12.0. The summed E-state index contributed by atoms with van der Waals surface area (Å²) < 4.78 is 7.51. The molecule has 0 aliphatic heterocycles. The SMILES string of the molecule is CC(C)Oc1cccc(CNC(=O)NCCc2cnn(-c3ccccc3)c2)c1. The third-order valence-corrected chi connectivity index (χ3v) is 4.08. The minimum Gasteiger partial charge on any atom is -0.491 e. The van der Waals surface area contributed by atoms with Crippen LogP contribution in [0.3, 0.4) is 0 Å². The highest BCUT2D eigenvalue weighted by Crippen LogP contribution is 2.14. The zero-order chi connectivity index (χ0) is 19.8. The van der Waals surface area contributed by atoms with Gasteiger partial charge in [0.2, 0.25) is 0 Å². The number of nitrogens with zero attached hydrogens (tertiary/aromatic N) is 2. The molecule has 6 heteroatoms. The number of urea groups is 1. The number of hydrogen-bond acceptors (Lipinski definition) is 3. The molecule has 146 valence electrons. The van der Waals surface area contributed by atoms with E-state index < -0.39 is 0 Å². The molecule has 1 heterocycles. The van der Waals surface area contributed by atoms with E-state index in [1.54, 1.807) is 0 Å². The predicted molar refractivity (Wildman–Crippen MR) is 110 cm³/mol. The summed E-state index contributed by atoms with van der Waals surface area (Å²) in [7, 11) is 0. The average Bonchev–Trinajstić information content (AvgIpc) is 3.16. The van der Waals surface area contributed by atoms with E-state index >= 15 is 0 Å². The minimum absolute atomic E-state index is 0.123. The molecule has 3 aromatic rings. The second kappa shape index (κ2) is 9.60. The number of carbonyl (C=O) groups is 1. The van der Waals surface area contributed by atoms with E-state index in [2.05, 4.69) is 15.7 Å². The van der Waals surface area contributed by atoms with Gasteiger partial charge in [-0.2, -0.15) is 5.10 Å². The normalized spacial score (nSPS) is 10.7. The van der Waals surface area contributed by atoms with Crippen LogP contribution in [0, 0.1) is 0 Å². The van der Waals surface area contributed by atoms with Crippen molar-refractivity contribution in [1.82, 2.24) is 20.4 Å². The molecule has 2 N–H and O–H groups in total. The van der Waals surface area contributed by atoms with Gasteiger partial charge < -0.3 is 15.4 Å². The Kier molecular flexibility index (Phi) is 6.68. The highest BCUT2D eigenvalue weighted by Gasteiger charge is 2.04. The van der Waals surface area contributed by atoms with Gasteiger partial charge in [-0.1, -0.05) is 30.3 Å². The molecule has 1 aromatic heterocycles. The van der Waals surface area contributed by atoms with Gasteiger partial charge in [-0.25, -0.2) is 9.48 Å². The number of hydrogen-bond donors (Lipinski definition) is 2. The molecule has 2 amide bonds. The highest BCUT2D eigenvalue weighted by molar-refractivity contribution is 5.73. The lowest BCUT2D eigenvalue weighted by Crippen LogP contribution is -2.36. The van der Waals surface area contributed by atoms with E-state index in [9.17, 15) is 4.79 Å². The monoisotopic (exact) mass is 378 g/mol. The van der Waals surface area contributed by atoms with Crippen LogP contribution in [0.15, 0.2) is 67.0 Å². The Balaban J connectivity index is 1.41. The largest absolute Gasteiger partial charge is 0.491 e. The van der Waals surface area contributed by atoms with E-state index in [1.165, 1.54) is 0 Å². The fraction of sp³-hybridized carbons (Fsp3) is 0.273. The number of carbonyl (C=O) groups excluding carboxylic acids is 1. The van der Waals surface area contributed by atoms with Crippen molar-refractivity contribution in [1.29, 1.82) is 0 Å². The van der Waals surface area contributed by atoms with E-state index in [1.807, 2.05) is 85.5 Å². The lowest BCUT2D eigenvalue weighted by atomic mass is 10.2. The molecule has 0 saturated carbocycles. The number of para-hydroxylation sites is 1. The van der Waals surface area contributed by atoms with Gasteiger partial charge in [-0.3, -0.25) is 0 Å². The van der Waals surface area contributed by atoms with E-state index in [0.717, 1.165) is 29.0 Å². The molecule has 0 saturated heterocycles. The third kappa shape index (κ3) is 5.87. The number of benzene rings is 2. The molecule has 0 aliphatic carbocycles. The maximum atomic E-state index is 12.0. The van der Waals surface area contributed by atoms with Gasteiger partial charge in [0, 0.05) is 19.3 Å². The molecule has 0 unspecified atom stereocenters. The summed E-state index contributed by atoms with van der Waals surface area (Å²) in [6.45, 7) is 4.97. The Morgan fingerprint density at radius 1 is 1.07 bits per heavy atom. The second-order valence-electron chi connectivity index (χ2n) is 6.80. The van der Waals surface area contributed by atoms with Crippen LogP contribution in [-0.2, 0) is 13.0 Å². The van der Waals surface area contributed by atoms with Crippen molar-refractivity contribution in [2.24, 2.45) is 0 Å². The summed E-state index contributed by atoms with van der Waals surface area (Å²) in [6, 6.07) is 17.5. The molecular weight excluding hydrogens is 352 g/mol. The Morgan fingerprint density at radius 3 is 2.68 bits per heavy atom. The number of rotatable bonds is 8. The molecule has 0 atom stereocenters. The lowest BCUT2D eigenvalue weighted by Gasteiger charge is -2.11. The van der Waals surface area contributed by atoms with E-state index in [0.29, 0.717) is 13.1 Å². The van der Waals surface area contributed by atoms with Crippen molar-refractivity contribution in [3.8, 4) is 11.4 Å². The Bertz CT molecular complexity index is 890. The van der Waals surface area contributed by atoms with Gasteiger partial charge >= 0.3 is 6.03 Å². The van der Waals surface area contributed by atoms with E-state index in [4.69, 9.17) is 4.74 Å². The molecule has 0 aliphatic rings. The predicted octanol–water partition coefficient (Wildman–Crippen LogP) is 3.70. The minimum atomic E-state index is -0.189. The molecule has 0 fully saturated rings. The lowest BCUT2D eigenvalue weighted by molar-refractivity contribution is 0.239. The fourth-order valence-corrected chi connectivity index (χ4v) is 2.78. The molecule has 28 heavy (non-hydrogen) atoms. The Labute approximate surface area is 165 Å². The molecule has 0 bridgehead atoms. The summed E-state index contributed by atoms with van der Waals surface area (Å²) >= 11 is 0. The topological polar surface area (TPSA) is 68.2 Å². The van der Waals surface area contributed by atoms with Gasteiger partial charge in [-0.05, 0) is 55.7 Å². The van der Waals surface area contributed by atoms with Crippen molar-refractivity contribution in [2.45, 2.75) is 32.9 Å². The van der Waals surface area contributed by atoms with Crippen LogP contribution < -0.4 is 15.4 Å². The summed E-state index contributed by atoms with van der Waals surface area (Å²) in [4.78, 5) is 12.0. The zero-order valence-electron chi connectivity index (χ0n) is 16.3. The summed E-state index contributed by atoms with van der Waals surface area (Å²) in [6.07, 6.45) is 4.65. The van der Waals surface area contributed by atoms with Crippen molar-refractivity contribution in [2.75, 3.05) is 6.54 Å². The number of aromatic nitrogens is 2. The molecule has 2 aromatic carbocycles. The number of ether oxygens (including phenoxy) is 1. The van der Waals surface area contributed by atoms with Gasteiger partial charge in [0.05, 0.1) is 18.0 Å². The number of amides is 2. The second-order valence-corrected chi connectivity index (χ2v) is 6.80. The smallest absolute Gasteiger partial charge is 0.315 e. The molecule has 6 nitrogen and oxygen atoms in total. The first-order valence-corrected chi connectivity index (χ1v) is 9.46. The van der Waals surface area contributed by atoms with Crippen LogP contribution >= 0.6 is 0 Å². The quantitative estimate of drug-likeness (QED) is 0.628. The van der Waals surface area contributed by atoms with Crippen LogP contribution in [0.1, 0.15) is 25.0 Å². The average molecular weight is 378 g/mol. The van der Waals surface area contributed by atoms with Crippen LogP contribution in [0.25, 0.3) is 5.69 Å². The first kappa shape index (κ1) is 19.5.